The number of nitrogens with one attached hydrogen (secondary N) is 1. The molecule has 0 spiro atoms. The molecular weight excluding hydrogens is 342 g/mol. The molecule has 0 radical (unpaired) electrons. The van der Waals surface area contributed by atoms with Crippen LogP contribution in [0.25, 0.3) is 0 Å². The molecule has 0 amide bonds. The van der Waals surface area contributed by atoms with E-state index in [2.05, 4.69) is 15.5 Å². The number of hydrazone groups is 1. The van der Waals surface area contributed by atoms with Gasteiger partial charge in [-0.3, -0.25) is 5.43 Å². The SMILES string of the molecule is CCCOc1cc(/C=N\Nc2nc(C)c(C(=O)OC)s2)ccc1OC. The van der Waals surface area contributed by atoms with Crippen LogP contribution in [0.2, 0.25) is 0 Å². The van der Waals surface area contributed by atoms with E-state index in [0.29, 0.717) is 33.8 Å². The first-order chi connectivity index (χ1) is 12.1. The summed E-state index contributed by atoms with van der Waals surface area (Å²) in [6, 6.07) is 5.55. The molecule has 0 aliphatic rings. The van der Waals surface area contributed by atoms with E-state index >= 15 is 0 Å². The summed E-state index contributed by atoms with van der Waals surface area (Å²) in [5, 5.41) is 4.67. The third-order valence-corrected chi connectivity index (χ3v) is 4.23. The molecule has 1 aromatic carbocycles. The molecule has 7 nitrogen and oxygen atoms in total. The van der Waals surface area contributed by atoms with Crippen molar-refractivity contribution in [3.05, 3.63) is 34.3 Å². The van der Waals surface area contributed by atoms with Crippen LogP contribution in [-0.2, 0) is 4.74 Å². The number of nitrogens with zero attached hydrogens (tertiary/aromatic N) is 2. The van der Waals surface area contributed by atoms with E-state index in [1.807, 2.05) is 25.1 Å². The van der Waals surface area contributed by atoms with Gasteiger partial charge in [-0.25, -0.2) is 9.78 Å². The molecular formula is C17H21N3O4S. The smallest absolute Gasteiger partial charge is 0.350 e. The predicted molar refractivity (Wildman–Crippen MR) is 98.2 cm³/mol. The molecule has 2 rings (SSSR count). The van der Waals surface area contributed by atoms with Crippen molar-refractivity contribution in [1.82, 2.24) is 4.98 Å². The maximum atomic E-state index is 11.6. The summed E-state index contributed by atoms with van der Waals surface area (Å²) in [6.07, 6.45) is 2.56. The quantitative estimate of drug-likeness (QED) is 0.439. The number of anilines is 1. The first kappa shape index (κ1) is 18.7. The highest BCUT2D eigenvalue weighted by molar-refractivity contribution is 7.17. The summed E-state index contributed by atoms with van der Waals surface area (Å²) in [5.74, 6) is 0.947. The van der Waals surface area contributed by atoms with E-state index in [4.69, 9.17) is 14.2 Å². The van der Waals surface area contributed by atoms with Crippen molar-refractivity contribution >= 4 is 28.7 Å². The molecule has 0 bridgehead atoms. The molecule has 2 aromatic rings. The maximum Gasteiger partial charge on any atom is 0.350 e. The van der Waals surface area contributed by atoms with Gasteiger partial charge in [0, 0.05) is 0 Å². The summed E-state index contributed by atoms with van der Waals surface area (Å²) >= 11 is 1.19. The van der Waals surface area contributed by atoms with Crippen LogP contribution in [0, 0.1) is 6.92 Å². The number of thiazole rings is 1. The molecule has 0 saturated carbocycles. The molecule has 1 N–H and O–H groups in total. The molecule has 8 heteroatoms. The summed E-state index contributed by atoms with van der Waals surface area (Å²) in [4.78, 5) is 16.3. The van der Waals surface area contributed by atoms with Crippen LogP contribution < -0.4 is 14.9 Å². The number of esters is 1. The monoisotopic (exact) mass is 363 g/mol. The van der Waals surface area contributed by atoms with Crippen molar-refractivity contribution in [2.75, 3.05) is 26.3 Å². The Labute approximate surface area is 150 Å². The predicted octanol–water partition coefficient (Wildman–Crippen LogP) is 3.48. The van der Waals surface area contributed by atoms with Gasteiger partial charge in [0.15, 0.2) is 11.5 Å². The topological polar surface area (TPSA) is 82.0 Å². The lowest BCUT2D eigenvalue weighted by Crippen LogP contribution is -1.99. The molecule has 0 aliphatic heterocycles. The zero-order chi connectivity index (χ0) is 18.2. The average Bonchev–Trinajstić information content (AvgIpc) is 3.00. The van der Waals surface area contributed by atoms with Gasteiger partial charge in [0.25, 0.3) is 0 Å². The highest BCUT2D eigenvalue weighted by Crippen LogP contribution is 2.28. The van der Waals surface area contributed by atoms with Gasteiger partial charge >= 0.3 is 5.97 Å². The minimum atomic E-state index is -0.403. The zero-order valence-corrected chi connectivity index (χ0v) is 15.5. The number of hydrogen-bond donors (Lipinski definition) is 1. The minimum absolute atomic E-state index is 0.403. The van der Waals surface area contributed by atoms with Gasteiger partial charge < -0.3 is 14.2 Å². The summed E-state index contributed by atoms with van der Waals surface area (Å²) in [5.41, 5.74) is 4.28. The lowest BCUT2D eigenvalue weighted by molar-refractivity contribution is 0.0605. The fourth-order valence-electron chi connectivity index (χ4n) is 1.99. The lowest BCUT2D eigenvalue weighted by atomic mass is 10.2. The van der Waals surface area contributed by atoms with Gasteiger partial charge in [0.05, 0.1) is 32.7 Å². The Hall–Kier alpha value is -2.61. The van der Waals surface area contributed by atoms with Crippen LogP contribution in [0.15, 0.2) is 23.3 Å². The number of methoxy groups -OCH3 is 2. The van der Waals surface area contributed by atoms with Crippen molar-refractivity contribution in [2.24, 2.45) is 5.10 Å². The molecule has 25 heavy (non-hydrogen) atoms. The Balaban J connectivity index is 2.08. The van der Waals surface area contributed by atoms with Crippen molar-refractivity contribution in [2.45, 2.75) is 20.3 Å². The summed E-state index contributed by atoms with van der Waals surface area (Å²) < 4.78 is 15.7. The first-order valence-electron chi connectivity index (χ1n) is 7.74. The molecule has 134 valence electrons. The van der Waals surface area contributed by atoms with Crippen LogP contribution in [0.5, 0.6) is 11.5 Å². The van der Waals surface area contributed by atoms with E-state index in [0.717, 1.165) is 12.0 Å². The Morgan fingerprint density at radius 1 is 1.36 bits per heavy atom. The zero-order valence-electron chi connectivity index (χ0n) is 14.7. The van der Waals surface area contributed by atoms with Crippen molar-refractivity contribution in [1.29, 1.82) is 0 Å². The van der Waals surface area contributed by atoms with E-state index in [1.165, 1.54) is 18.4 Å². The number of aryl methyl sites for hydroxylation is 1. The maximum absolute atomic E-state index is 11.6. The third-order valence-electron chi connectivity index (χ3n) is 3.19. The highest BCUT2D eigenvalue weighted by atomic mass is 32.1. The minimum Gasteiger partial charge on any atom is -0.493 e. The van der Waals surface area contributed by atoms with Crippen LogP contribution in [0.4, 0.5) is 5.13 Å². The second-order valence-electron chi connectivity index (χ2n) is 5.05. The Bertz CT molecular complexity index is 758. The number of ether oxygens (including phenoxy) is 3. The van der Waals surface area contributed by atoms with Crippen molar-refractivity contribution < 1.29 is 19.0 Å². The molecule has 0 aliphatic carbocycles. The Kier molecular flexibility index (Phi) is 6.76. The van der Waals surface area contributed by atoms with E-state index < -0.39 is 5.97 Å². The number of hydrogen-bond acceptors (Lipinski definition) is 8. The molecule has 0 unspecified atom stereocenters. The van der Waals surface area contributed by atoms with Gasteiger partial charge in [-0.05, 0) is 37.1 Å². The molecule has 0 atom stereocenters. The molecule has 0 saturated heterocycles. The summed E-state index contributed by atoms with van der Waals surface area (Å²) in [7, 11) is 2.95. The molecule has 0 fully saturated rings. The number of rotatable bonds is 8. The number of benzene rings is 1. The van der Waals surface area contributed by atoms with E-state index in [-0.39, 0.29) is 0 Å². The molecule has 1 aromatic heterocycles. The van der Waals surface area contributed by atoms with Gasteiger partial charge in [0.1, 0.15) is 4.88 Å². The van der Waals surface area contributed by atoms with Crippen LogP contribution in [0.1, 0.15) is 34.3 Å². The average molecular weight is 363 g/mol. The van der Waals surface area contributed by atoms with Crippen LogP contribution in [-0.4, -0.2) is 38.0 Å². The highest BCUT2D eigenvalue weighted by Gasteiger charge is 2.15. The number of carbonyl (C=O) groups excluding carboxylic acids is 1. The summed E-state index contributed by atoms with van der Waals surface area (Å²) in [6.45, 7) is 4.41. The van der Waals surface area contributed by atoms with Gasteiger partial charge in [-0.2, -0.15) is 5.10 Å². The number of aromatic nitrogens is 1. The van der Waals surface area contributed by atoms with Crippen LogP contribution in [0.3, 0.4) is 0 Å². The van der Waals surface area contributed by atoms with E-state index in [9.17, 15) is 4.79 Å². The van der Waals surface area contributed by atoms with E-state index in [1.54, 1.807) is 20.2 Å². The largest absolute Gasteiger partial charge is 0.493 e. The first-order valence-corrected chi connectivity index (χ1v) is 8.56. The Morgan fingerprint density at radius 3 is 2.84 bits per heavy atom. The van der Waals surface area contributed by atoms with Gasteiger partial charge in [-0.15, -0.1) is 0 Å². The van der Waals surface area contributed by atoms with Crippen molar-refractivity contribution in [3.63, 3.8) is 0 Å². The van der Waals surface area contributed by atoms with Crippen molar-refractivity contribution in [3.8, 4) is 11.5 Å². The molecule has 1 heterocycles. The van der Waals surface area contributed by atoms with Gasteiger partial charge in [0.2, 0.25) is 5.13 Å². The lowest BCUT2D eigenvalue weighted by Gasteiger charge is -2.10. The standard InChI is InChI=1S/C17H21N3O4S/c1-5-8-24-14-9-12(6-7-13(14)22-3)10-18-20-17-19-11(2)15(25-17)16(21)23-4/h6-7,9-10H,5,8H2,1-4H3,(H,19,20)/b18-10-. The third kappa shape index (κ3) is 4.93. The van der Waals surface area contributed by atoms with Gasteiger partial charge in [-0.1, -0.05) is 18.3 Å². The normalized spacial score (nSPS) is 10.7. The fourth-order valence-corrected chi connectivity index (χ4v) is 2.82. The second kappa shape index (κ2) is 9.03. The number of carbonyl (C=O) groups is 1. The Morgan fingerprint density at radius 2 is 2.16 bits per heavy atom. The van der Waals surface area contributed by atoms with Crippen LogP contribution >= 0.6 is 11.3 Å². The second-order valence-corrected chi connectivity index (χ2v) is 6.05. The fraction of sp³-hybridized carbons (Fsp3) is 0.353.